The van der Waals surface area contributed by atoms with Crippen LogP contribution in [0.25, 0.3) is 0 Å². The Morgan fingerprint density at radius 2 is 1.75 bits per heavy atom. The van der Waals surface area contributed by atoms with Crippen molar-refractivity contribution in [2.45, 2.75) is 59.7 Å². The van der Waals surface area contributed by atoms with Gasteiger partial charge in [0.25, 0.3) is 5.91 Å². The van der Waals surface area contributed by atoms with Crippen LogP contribution in [-0.4, -0.2) is 42.5 Å². The number of ether oxygens (including phenoxy) is 2. The zero-order chi connectivity index (χ0) is 23.8. The molecule has 2 amide bonds. The molecular formula is C25H33ClN2O4. The number of aryl methyl sites for hydroxylation is 2. The van der Waals surface area contributed by atoms with Crippen LogP contribution in [0, 0.1) is 13.8 Å². The van der Waals surface area contributed by atoms with Crippen molar-refractivity contribution in [3.05, 3.63) is 58.1 Å². The van der Waals surface area contributed by atoms with Crippen LogP contribution in [0.3, 0.4) is 0 Å². The third-order valence-corrected chi connectivity index (χ3v) is 6.02. The van der Waals surface area contributed by atoms with Crippen LogP contribution in [0.15, 0.2) is 36.4 Å². The number of carbonyl (C=O) groups is 2. The first-order chi connectivity index (χ1) is 15.2. The molecule has 0 saturated carbocycles. The molecule has 6 nitrogen and oxygen atoms in total. The molecule has 2 aromatic carbocycles. The summed E-state index contributed by atoms with van der Waals surface area (Å²) in [6, 6.07) is 10.4. The number of carbonyl (C=O) groups excluding carboxylic acids is 2. The van der Waals surface area contributed by atoms with Crippen LogP contribution in [0.5, 0.6) is 11.5 Å². The Labute approximate surface area is 195 Å². The molecule has 0 aromatic heterocycles. The Bertz CT molecular complexity index is 924. The average molecular weight is 461 g/mol. The van der Waals surface area contributed by atoms with Gasteiger partial charge in [-0.3, -0.25) is 9.59 Å². The van der Waals surface area contributed by atoms with E-state index in [4.69, 9.17) is 21.1 Å². The Morgan fingerprint density at radius 1 is 1.09 bits per heavy atom. The number of amides is 2. The number of methoxy groups -OCH3 is 1. The number of hydrogen-bond acceptors (Lipinski definition) is 4. The minimum absolute atomic E-state index is 0.0231. The van der Waals surface area contributed by atoms with Crippen molar-refractivity contribution in [3.63, 3.8) is 0 Å². The summed E-state index contributed by atoms with van der Waals surface area (Å²) in [5.41, 5.74) is 2.62. The summed E-state index contributed by atoms with van der Waals surface area (Å²) in [4.78, 5) is 27.5. The van der Waals surface area contributed by atoms with Crippen LogP contribution in [0.1, 0.15) is 43.9 Å². The number of rotatable bonds is 10. The van der Waals surface area contributed by atoms with Crippen LogP contribution in [0.4, 0.5) is 0 Å². The second-order valence-corrected chi connectivity index (χ2v) is 8.40. The molecule has 2 atom stereocenters. The topological polar surface area (TPSA) is 67.9 Å². The number of nitrogens with zero attached hydrogens (tertiary/aromatic N) is 1. The highest BCUT2D eigenvalue weighted by Gasteiger charge is 2.27. The van der Waals surface area contributed by atoms with Gasteiger partial charge in [-0.25, -0.2) is 0 Å². The van der Waals surface area contributed by atoms with E-state index < -0.39 is 6.04 Å². The molecule has 7 heteroatoms. The summed E-state index contributed by atoms with van der Waals surface area (Å²) in [5, 5.41) is 3.63. The molecule has 0 aliphatic carbocycles. The lowest BCUT2D eigenvalue weighted by Gasteiger charge is -2.29. The molecular weight excluding hydrogens is 428 g/mol. The zero-order valence-corrected chi connectivity index (χ0v) is 20.5. The standard InChI is InChI=1S/C25H33ClN2O4/c1-7-18(4)27-25(30)19(5)28(14-20-9-8-10-21(13-20)31-6)23(29)15-32-22-11-16(2)24(26)17(3)12-22/h8-13,18-19H,7,14-15H2,1-6H3,(H,27,30). The van der Waals surface area contributed by atoms with Crippen molar-refractivity contribution in [1.29, 1.82) is 0 Å². The normalized spacial score (nSPS) is 12.6. The SMILES string of the molecule is CCC(C)NC(=O)C(C)N(Cc1cccc(OC)c1)C(=O)COc1cc(C)c(Cl)c(C)c1. The predicted molar refractivity (Wildman–Crippen MR) is 127 cm³/mol. The first-order valence-electron chi connectivity index (χ1n) is 10.8. The van der Waals surface area contributed by atoms with E-state index in [9.17, 15) is 9.59 Å². The van der Waals surface area contributed by atoms with Crippen molar-refractivity contribution in [1.82, 2.24) is 10.2 Å². The molecule has 0 bridgehead atoms. The Morgan fingerprint density at radius 3 is 2.34 bits per heavy atom. The van der Waals surface area contributed by atoms with E-state index in [2.05, 4.69) is 5.32 Å². The molecule has 2 aromatic rings. The highest BCUT2D eigenvalue weighted by Crippen LogP contribution is 2.26. The second kappa shape index (κ2) is 11.8. The Balaban J connectivity index is 2.21. The molecule has 0 fully saturated rings. The monoisotopic (exact) mass is 460 g/mol. The number of nitrogens with one attached hydrogen (secondary N) is 1. The molecule has 0 aliphatic heterocycles. The quantitative estimate of drug-likeness (QED) is 0.559. The highest BCUT2D eigenvalue weighted by molar-refractivity contribution is 6.32. The molecule has 2 unspecified atom stereocenters. The fraction of sp³-hybridized carbons (Fsp3) is 0.440. The maximum Gasteiger partial charge on any atom is 0.261 e. The lowest BCUT2D eigenvalue weighted by Crippen LogP contribution is -2.50. The van der Waals surface area contributed by atoms with Crippen LogP contribution in [0.2, 0.25) is 5.02 Å². The van der Waals surface area contributed by atoms with E-state index in [1.54, 1.807) is 26.2 Å². The van der Waals surface area contributed by atoms with Gasteiger partial charge in [0, 0.05) is 17.6 Å². The van der Waals surface area contributed by atoms with Gasteiger partial charge in [-0.2, -0.15) is 0 Å². The van der Waals surface area contributed by atoms with E-state index in [0.29, 0.717) is 16.5 Å². The Hall–Kier alpha value is -2.73. The summed E-state index contributed by atoms with van der Waals surface area (Å²) < 4.78 is 11.1. The Kier molecular flexibility index (Phi) is 9.39. The molecule has 174 valence electrons. The van der Waals surface area contributed by atoms with Crippen LogP contribution >= 0.6 is 11.6 Å². The van der Waals surface area contributed by atoms with E-state index in [1.165, 1.54) is 4.90 Å². The largest absolute Gasteiger partial charge is 0.497 e. The maximum absolute atomic E-state index is 13.2. The first kappa shape index (κ1) is 25.5. The molecule has 0 spiro atoms. The minimum Gasteiger partial charge on any atom is -0.497 e. The van der Waals surface area contributed by atoms with E-state index >= 15 is 0 Å². The van der Waals surface area contributed by atoms with Gasteiger partial charge in [-0.1, -0.05) is 30.7 Å². The summed E-state index contributed by atoms with van der Waals surface area (Å²) in [6.07, 6.45) is 0.806. The fourth-order valence-electron chi connectivity index (χ4n) is 3.23. The van der Waals surface area contributed by atoms with Gasteiger partial charge in [-0.05, 0) is 75.1 Å². The number of hydrogen-bond donors (Lipinski definition) is 1. The summed E-state index contributed by atoms with van der Waals surface area (Å²) in [6.45, 7) is 9.51. The lowest BCUT2D eigenvalue weighted by atomic mass is 10.1. The smallest absolute Gasteiger partial charge is 0.261 e. The van der Waals surface area contributed by atoms with Gasteiger partial charge in [0.05, 0.1) is 7.11 Å². The first-order valence-corrected chi connectivity index (χ1v) is 11.2. The highest BCUT2D eigenvalue weighted by atomic mass is 35.5. The van der Waals surface area contributed by atoms with Crippen LogP contribution in [-0.2, 0) is 16.1 Å². The summed E-state index contributed by atoms with van der Waals surface area (Å²) in [7, 11) is 1.59. The van der Waals surface area contributed by atoms with Gasteiger partial charge in [-0.15, -0.1) is 0 Å². The molecule has 0 saturated heterocycles. The minimum atomic E-state index is -0.667. The van der Waals surface area contributed by atoms with Crippen molar-refractivity contribution in [2.24, 2.45) is 0 Å². The lowest BCUT2D eigenvalue weighted by molar-refractivity contribution is -0.142. The van der Waals surface area contributed by atoms with Crippen molar-refractivity contribution >= 4 is 23.4 Å². The van der Waals surface area contributed by atoms with Gasteiger partial charge in [0.1, 0.15) is 17.5 Å². The maximum atomic E-state index is 13.2. The van der Waals surface area contributed by atoms with Crippen molar-refractivity contribution < 1.29 is 19.1 Å². The molecule has 0 aliphatic rings. The number of benzene rings is 2. The summed E-state index contributed by atoms with van der Waals surface area (Å²) >= 11 is 6.22. The molecule has 2 rings (SSSR count). The molecule has 32 heavy (non-hydrogen) atoms. The van der Waals surface area contributed by atoms with E-state index in [-0.39, 0.29) is 31.0 Å². The second-order valence-electron chi connectivity index (χ2n) is 8.03. The van der Waals surface area contributed by atoms with Crippen LogP contribution < -0.4 is 14.8 Å². The fourth-order valence-corrected chi connectivity index (χ4v) is 3.34. The average Bonchev–Trinajstić information content (AvgIpc) is 2.78. The zero-order valence-electron chi connectivity index (χ0n) is 19.7. The number of halogens is 1. The van der Waals surface area contributed by atoms with E-state index in [0.717, 1.165) is 23.1 Å². The third kappa shape index (κ3) is 6.89. The predicted octanol–water partition coefficient (Wildman–Crippen LogP) is 4.68. The van der Waals surface area contributed by atoms with E-state index in [1.807, 2.05) is 52.0 Å². The van der Waals surface area contributed by atoms with Gasteiger partial charge in [0.15, 0.2) is 6.61 Å². The molecule has 0 radical (unpaired) electrons. The summed E-state index contributed by atoms with van der Waals surface area (Å²) in [5.74, 6) is 0.768. The molecule has 0 heterocycles. The van der Waals surface area contributed by atoms with Gasteiger partial charge in [0.2, 0.25) is 5.91 Å². The van der Waals surface area contributed by atoms with Crippen molar-refractivity contribution in [2.75, 3.05) is 13.7 Å². The van der Waals surface area contributed by atoms with Gasteiger partial charge < -0.3 is 19.7 Å². The van der Waals surface area contributed by atoms with Crippen molar-refractivity contribution in [3.8, 4) is 11.5 Å². The third-order valence-electron chi connectivity index (χ3n) is 5.43. The molecule has 1 N–H and O–H groups in total. The van der Waals surface area contributed by atoms with Gasteiger partial charge >= 0.3 is 0 Å².